The van der Waals surface area contributed by atoms with Gasteiger partial charge in [0.2, 0.25) is 0 Å². The molecule has 0 saturated heterocycles. The van der Waals surface area contributed by atoms with Gasteiger partial charge in [-0.1, -0.05) is 30.3 Å². The van der Waals surface area contributed by atoms with Crippen LogP contribution in [0.3, 0.4) is 0 Å². The zero-order chi connectivity index (χ0) is 26.6. The summed E-state index contributed by atoms with van der Waals surface area (Å²) in [5, 5.41) is 13.0. The summed E-state index contributed by atoms with van der Waals surface area (Å²) in [6.07, 6.45) is 1.63. The average Bonchev–Trinajstić information content (AvgIpc) is 2.89. The first-order chi connectivity index (χ1) is 17.9. The highest BCUT2D eigenvalue weighted by Crippen LogP contribution is 2.24. The van der Waals surface area contributed by atoms with Crippen LogP contribution in [-0.4, -0.2) is 37.1 Å². The molecule has 0 aliphatic rings. The van der Waals surface area contributed by atoms with Crippen molar-refractivity contribution in [2.45, 2.75) is 45.8 Å². The number of aliphatic hydroxyl groups excluding tert-OH is 1. The van der Waals surface area contributed by atoms with Crippen LogP contribution >= 0.6 is 0 Å². The Morgan fingerprint density at radius 3 is 2.35 bits per heavy atom. The highest BCUT2D eigenvalue weighted by atomic mass is 16.5. The van der Waals surface area contributed by atoms with Crippen molar-refractivity contribution < 1.29 is 28.8 Å². The first kappa shape index (κ1) is 27.6. The normalized spacial score (nSPS) is 12.2. The second kappa shape index (κ2) is 13.9. The summed E-state index contributed by atoms with van der Waals surface area (Å²) in [5.74, 6) is 2.31. The lowest BCUT2D eigenvalue weighted by Gasteiger charge is -2.21. The third kappa shape index (κ3) is 8.88. The van der Waals surface area contributed by atoms with Gasteiger partial charge in [0.15, 0.2) is 0 Å². The number of carbonyl (C=O) groups excluding carboxylic acids is 1. The third-order valence-corrected chi connectivity index (χ3v) is 5.51. The van der Waals surface area contributed by atoms with Gasteiger partial charge in [-0.15, -0.1) is 0 Å². The van der Waals surface area contributed by atoms with Crippen molar-refractivity contribution in [1.82, 2.24) is 0 Å². The molecule has 2 N–H and O–H groups in total. The molecule has 1 atom stereocenters. The molecular weight excluding hydrogens is 470 g/mol. The van der Waals surface area contributed by atoms with Crippen LogP contribution in [-0.2, 0) is 22.3 Å². The summed E-state index contributed by atoms with van der Waals surface area (Å²) < 4.78 is 22.5. The van der Waals surface area contributed by atoms with Crippen molar-refractivity contribution in [2.75, 3.05) is 19.0 Å². The fraction of sp³-hybridized carbons (Fsp3) is 0.300. The van der Waals surface area contributed by atoms with Crippen LogP contribution < -0.4 is 14.8 Å². The molecule has 7 heteroatoms. The minimum absolute atomic E-state index is 0.0238. The lowest BCUT2D eigenvalue weighted by Crippen LogP contribution is -2.23. The molecule has 3 aromatic rings. The summed E-state index contributed by atoms with van der Waals surface area (Å²) in [5.41, 5.74) is 2.49. The fourth-order valence-electron chi connectivity index (χ4n) is 3.74. The van der Waals surface area contributed by atoms with Gasteiger partial charge in [0.05, 0.1) is 19.8 Å². The van der Waals surface area contributed by atoms with Crippen LogP contribution in [0.25, 0.3) is 0 Å². The number of hydrogen-bond donors (Lipinski definition) is 2. The van der Waals surface area contributed by atoms with Gasteiger partial charge >= 0.3 is 6.09 Å². The molecule has 0 fully saturated rings. The molecule has 0 aliphatic heterocycles. The monoisotopic (exact) mass is 505 g/mol. The largest absolute Gasteiger partial charge is 0.510 e. The maximum Gasteiger partial charge on any atom is 0.411 e. The predicted octanol–water partition coefficient (Wildman–Crippen LogP) is 7.08. The van der Waals surface area contributed by atoms with Gasteiger partial charge in [-0.05, 0) is 80.4 Å². The van der Waals surface area contributed by atoms with Gasteiger partial charge in [-0.3, -0.25) is 5.32 Å². The Bertz CT molecular complexity index is 1160. The van der Waals surface area contributed by atoms with Crippen molar-refractivity contribution in [2.24, 2.45) is 0 Å². The molecule has 37 heavy (non-hydrogen) atoms. The van der Waals surface area contributed by atoms with Gasteiger partial charge in [0, 0.05) is 18.5 Å². The van der Waals surface area contributed by atoms with Crippen molar-refractivity contribution in [3.63, 3.8) is 0 Å². The van der Waals surface area contributed by atoms with E-state index in [1.807, 2.05) is 62.4 Å². The average molecular weight is 506 g/mol. The van der Waals surface area contributed by atoms with E-state index >= 15 is 0 Å². The lowest BCUT2D eigenvalue weighted by atomic mass is 10.0. The van der Waals surface area contributed by atoms with E-state index in [-0.39, 0.29) is 18.5 Å². The highest BCUT2D eigenvalue weighted by molar-refractivity contribution is 5.84. The molecule has 0 heterocycles. The van der Waals surface area contributed by atoms with Gasteiger partial charge in [-0.2, -0.15) is 0 Å². The minimum Gasteiger partial charge on any atom is -0.510 e. The van der Waals surface area contributed by atoms with Crippen LogP contribution in [0.1, 0.15) is 31.9 Å². The number of hydrogen-bond acceptors (Lipinski definition) is 6. The Hall–Kier alpha value is -3.97. The van der Waals surface area contributed by atoms with Gasteiger partial charge < -0.3 is 24.1 Å². The first-order valence-corrected chi connectivity index (χ1v) is 12.3. The summed E-state index contributed by atoms with van der Waals surface area (Å²) in [4.78, 5) is 12.3. The summed E-state index contributed by atoms with van der Waals surface area (Å²) in [6.45, 7) is 5.82. The van der Waals surface area contributed by atoms with E-state index < -0.39 is 12.2 Å². The van der Waals surface area contributed by atoms with Crippen molar-refractivity contribution >= 4 is 11.8 Å². The number of amides is 1. The van der Waals surface area contributed by atoms with E-state index in [2.05, 4.69) is 5.32 Å². The zero-order valence-corrected chi connectivity index (χ0v) is 21.8. The van der Waals surface area contributed by atoms with Crippen LogP contribution in [0, 0.1) is 0 Å². The molecule has 1 amide bonds. The van der Waals surface area contributed by atoms with E-state index in [1.165, 1.54) is 0 Å². The Morgan fingerprint density at radius 2 is 1.70 bits per heavy atom. The number of benzene rings is 3. The predicted molar refractivity (Wildman–Crippen MR) is 145 cm³/mol. The molecular formula is C30H35NO6. The lowest BCUT2D eigenvalue weighted by molar-refractivity contribution is 0.00725. The zero-order valence-electron chi connectivity index (χ0n) is 21.8. The quantitative estimate of drug-likeness (QED) is 0.256. The molecule has 0 radical (unpaired) electrons. The maximum atomic E-state index is 12.3. The Kier molecular flexibility index (Phi) is 10.4. The number of ether oxygens (including phenoxy) is 4. The van der Waals surface area contributed by atoms with E-state index in [0.717, 1.165) is 16.9 Å². The van der Waals surface area contributed by atoms with E-state index in [9.17, 15) is 9.90 Å². The highest BCUT2D eigenvalue weighted by Gasteiger charge is 2.17. The van der Waals surface area contributed by atoms with Crippen LogP contribution in [0.4, 0.5) is 10.5 Å². The number of carbonyl (C=O) groups is 1. The number of nitrogens with one attached hydrogen (secondary N) is 1. The Balaban J connectivity index is 1.54. The standard InChI is InChI=1S/C30H35NO6/c1-5-27(32)29(36-21(2)3)20-22-11-16-28(34-4)23(19-22)17-18-35-30(33)31-24-12-14-26(15-13-24)37-25-9-7-6-8-10-25/h5-16,19,21,29,32H,17-18,20H2,1-4H3,(H,31,33)/b27-5-. The summed E-state index contributed by atoms with van der Waals surface area (Å²) in [7, 11) is 1.60. The van der Waals surface area contributed by atoms with Crippen LogP contribution in [0.15, 0.2) is 84.6 Å². The first-order valence-electron chi connectivity index (χ1n) is 12.3. The Labute approximate surface area is 218 Å². The SMILES string of the molecule is C/C=C(\O)C(Cc1ccc(OC)c(CCOC(=O)Nc2ccc(Oc3ccccc3)cc2)c1)OC(C)C. The van der Waals surface area contributed by atoms with Gasteiger partial charge in [0.25, 0.3) is 0 Å². The molecule has 3 aromatic carbocycles. The molecule has 0 aromatic heterocycles. The third-order valence-electron chi connectivity index (χ3n) is 5.51. The molecule has 0 aliphatic carbocycles. The second-order valence-electron chi connectivity index (χ2n) is 8.69. The van der Waals surface area contributed by atoms with Crippen molar-refractivity contribution in [1.29, 1.82) is 0 Å². The molecule has 0 saturated carbocycles. The fourth-order valence-corrected chi connectivity index (χ4v) is 3.74. The number of anilines is 1. The number of methoxy groups -OCH3 is 1. The van der Waals surface area contributed by atoms with Crippen LogP contribution in [0.5, 0.6) is 17.2 Å². The molecule has 7 nitrogen and oxygen atoms in total. The smallest absolute Gasteiger partial charge is 0.411 e. The molecule has 196 valence electrons. The van der Waals surface area contributed by atoms with E-state index in [4.69, 9.17) is 18.9 Å². The number of allylic oxidation sites excluding steroid dienone is 1. The maximum absolute atomic E-state index is 12.3. The molecule has 3 rings (SSSR count). The van der Waals surface area contributed by atoms with Gasteiger partial charge in [0.1, 0.15) is 29.1 Å². The van der Waals surface area contributed by atoms with Crippen molar-refractivity contribution in [3.8, 4) is 17.2 Å². The summed E-state index contributed by atoms with van der Waals surface area (Å²) in [6, 6.07) is 22.4. The number of aliphatic hydroxyl groups is 1. The van der Waals surface area contributed by atoms with Gasteiger partial charge in [-0.25, -0.2) is 4.79 Å². The van der Waals surface area contributed by atoms with Crippen LogP contribution in [0.2, 0.25) is 0 Å². The molecule has 1 unspecified atom stereocenters. The minimum atomic E-state index is -0.546. The van der Waals surface area contributed by atoms with E-state index in [0.29, 0.717) is 30.0 Å². The second-order valence-corrected chi connectivity index (χ2v) is 8.69. The number of rotatable bonds is 12. The molecule has 0 bridgehead atoms. The van der Waals surface area contributed by atoms with E-state index in [1.54, 1.807) is 44.4 Å². The summed E-state index contributed by atoms with van der Waals surface area (Å²) >= 11 is 0. The number of para-hydroxylation sites is 1. The topological polar surface area (TPSA) is 86.2 Å². The molecule has 0 spiro atoms. The Morgan fingerprint density at radius 1 is 1.00 bits per heavy atom. The van der Waals surface area contributed by atoms with Crippen molar-refractivity contribution in [3.05, 3.63) is 95.8 Å².